The molecule has 6 heteroatoms. The molecule has 0 saturated carbocycles. The van der Waals surface area contributed by atoms with Crippen molar-refractivity contribution >= 4 is 34.8 Å². The van der Waals surface area contributed by atoms with Gasteiger partial charge in [0.15, 0.2) is 5.11 Å². The molecule has 4 nitrogen and oxygen atoms in total. The number of aliphatic hydroxyl groups is 1. The molecule has 3 N–H and O–H groups in total. The molecule has 1 aromatic carbocycles. The molecule has 0 aliphatic rings. The van der Waals surface area contributed by atoms with E-state index in [1.807, 2.05) is 0 Å². The minimum Gasteiger partial charge on any atom is -0.396 e. The van der Waals surface area contributed by atoms with Crippen LogP contribution in [-0.2, 0) is 11.2 Å². The first-order valence-corrected chi connectivity index (χ1v) is 6.33. The zero-order valence-corrected chi connectivity index (χ0v) is 11.4. The quantitative estimate of drug-likeness (QED) is 0.563. The zero-order valence-electron chi connectivity index (χ0n) is 9.78. The summed E-state index contributed by atoms with van der Waals surface area (Å²) in [7, 11) is 0. The largest absolute Gasteiger partial charge is 0.396 e. The van der Waals surface area contributed by atoms with E-state index in [0.717, 1.165) is 5.56 Å². The molecule has 0 radical (unpaired) electrons. The van der Waals surface area contributed by atoms with Crippen molar-refractivity contribution in [3.63, 3.8) is 0 Å². The van der Waals surface area contributed by atoms with E-state index < -0.39 is 0 Å². The number of rotatable bonds is 5. The first kappa shape index (κ1) is 14.9. The van der Waals surface area contributed by atoms with Crippen LogP contribution >= 0.6 is 23.8 Å². The molecule has 0 aromatic heterocycles. The maximum absolute atomic E-state index is 11.6. The highest BCUT2D eigenvalue weighted by Crippen LogP contribution is 2.09. The van der Waals surface area contributed by atoms with Gasteiger partial charge in [0.25, 0.3) is 0 Å². The van der Waals surface area contributed by atoms with Crippen LogP contribution in [0.4, 0.5) is 0 Å². The summed E-state index contributed by atoms with van der Waals surface area (Å²) in [5.74, 6) is -0.182. The monoisotopic (exact) mass is 286 g/mol. The minimum atomic E-state index is -0.182. The fraction of sp³-hybridized carbons (Fsp3) is 0.333. The number of hydrogen-bond donors (Lipinski definition) is 3. The molecule has 0 bridgehead atoms. The fourth-order valence-electron chi connectivity index (χ4n) is 1.28. The Morgan fingerprint density at radius 3 is 2.61 bits per heavy atom. The van der Waals surface area contributed by atoms with Gasteiger partial charge in [0.05, 0.1) is 6.42 Å². The van der Waals surface area contributed by atoms with Gasteiger partial charge in [0.2, 0.25) is 5.91 Å². The Balaban J connectivity index is 2.32. The Labute approximate surface area is 116 Å². The van der Waals surface area contributed by atoms with E-state index in [4.69, 9.17) is 28.9 Å². The van der Waals surface area contributed by atoms with Gasteiger partial charge in [-0.15, -0.1) is 0 Å². The zero-order chi connectivity index (χ0) is 13.4. The molecule has 0 heterocycles. The van der Waals surface area contributed by atoms with E-state index in [1.165, 1.54) is 0 Å². The predicted molar refractivity (Wildman–Crippen MR) is 75.6 cm³/mol. The maximum atomic E-state index is 11.6. The van der Waals surface area contributed by atoms with E-state index in [-0.39, 0.29) is 24.0 Å². The molecule has 0 aliphatic carbocycles. The van der Waals surface area contributed by atoms with E-state index in [9.17, 15) is 4.79 Å². The van der Waals surface area contributed by atoms with E-state index >= 15 is 0 Å². The lowest BCUT2D eigenvalue weighted by Gasteiger charge is -2.08. The van der Waals surface area contributed by atoms with Gasteiger partial charge in [-0.1, -0.05) is 23.7 Å². The molecular weight excluding hydrogens is 272 g/mol. The summed E-state index contributed by atoms with van der Waals surface area (Å²) in [5, 5.41) is 14.9. The number of halogens is 1. The molecule has 0 atom stereocenters. The van der Waals surface area contributed by atoms with Crippen molar-refractivity contribution in [2.45, 2.75) is 12.8 Å². The first-order valence-electron chi connectivity index (χ1n) is 5.55. The van der Waals surface area contributed by atoms with Crippen molar-refractivity contribution in [1.82, 2.24) is 10.6 Å². The fourth-order valence-corrected chi connectivity index (χ4v) is 1.63. The van der Waals surface area contributed by atoms with Crippen LogP contribution in [0.25, 0.3) is 0 Å². The van der Waals surface area contributed by atoms with Crippen molar-refractivity contribution in [1.29, 1.82) is 0 Å². The van der Waals surface area contributed by atoms with E-state index in [0.29, 0.717) is 18.0 Å². The molecule has 18 heavy (non-hydrogen) atoms. The lowest BCUT2D eigenvalue weighted by molar-refractivity contribution is -0.119. The number of thiocarbonyl (C=S) groups is 1. The number of hydrogen-bond acceptors (Lipinski definition) is 3. The Morgan fingerprint density at radius 1 is 1.33 bits per heavy atom. The van der Waals surface area contributed by atoms with Crippen LogP contribution in [0.15, 0.2) is 24.3 Å². The number of nitrogens with one attached hydrogen (secondary N) is 2. The number of amides is 1. The summed E-state index contributed by atoms with van der Waals surface area (Å²) in [6.07, 6.45) is 0.839. The second-order valence-corrected chi connectivity index (χ2v) is 4.53. The van der Waals surface area contributed by atoms with Gasteiger partial charge in [-0.3, -0.25) is 4.79 Å². The lowest BCUT2D eigenvalue weighted by Crippen LogP contribution is -2.40. The van der Waals surface area contributed by atoms with Crippen molar-refractivity contribution in [3.8, 4) is 0 Å². The van der Waals surface area contributed by atoms with Crippen LogP contribution in [0, 0.1) is 0 Å². The van der Waals surface area contributed by atoms with Gasteiger partial charge in [0, 0.05) is 18.2 Å². The highest BCUT2D eigenvalue weighted by atomic mass is 35.5. The lowest BCUT2D eigenvalue weighted by atomic mass is 10.1. The molecule has 0 unspecified atom stereocenters. The standard InChI is InChI=1S/C12H15ClN2O2S/c13-10-4-2-9(3-5-10)8-11(17)15-12(18)14-6-1-7-16/h2-5,16H,1,6-8H2,(H2,14,15,17,18). The third-order valence-corrected chi connectivity index (χ3v) is 2.65. The topological polar surface area (TPSA) is 61.4 Å². The van der Waals surface area contributed by atoms with Crippen LogP contribution < -0.4 is 10.6 Å². The summed E-state index contributed by atoms with van der Waals surface area (Å²) in [5.41, 5.74) is 0.870. The number of carbonyl (C=O) groups excluding carboxylic acids is 1. The molecule has 1 amide bonds. The Hall–Kier alpha value is -1.17. The van der Waals surface area contributed by atoms with Gasteiger partial charge < -0.3 is 15.7 Å². The molecule has 1 aromatic rings. The van der Waals surface area contributed by atoms with Gasteiger partial charge in [-0.2, -0.15) is 0 Å². The van der Waals surface area contributed by atoms with Crippen molar-refractivity contribution in [2.75, 3.05) is 13.2 Å². The van der Waals surface area contributed by atoms with E-state index in [2.05, 4.69) is 10.6 Å². The predicted octanol–water partition coefficient (Wildman–Crippen LogP) is 1.26. The minimum absolute atomic E-state index is 0.0916. The Bertz CT molecular complexity index is 409. The third kappa shape index (κ3) is 5.95. The van der Waals surface area contributed by atoms with Gasteiger partial charge in [-0.25, -0.2) is 0 Å². The third-order valence-electron chi connectivity index (χ3n) is 2.15. The average Bonchev–Trinajstić information content (AvgIpc) is 2.32. The highest BCUT2D eigenvalue weighted by molar-refractivity contribution is 7.80. The van der Waals surface area contributed by atoms with E-state index in [1.54, 1.807) is 24.3 Å². The smallest absolute Gasteiger partial charge is 0.230 e. The molecule has 0 saturated heterocycles. The number of aliphatic hydroxyl groups excluding tert-OH is 1. The molecule has 0 fully saturated rings. The van der Waals surface area contributed by atoms with Crippen LogP contribution in [0.5, 0.6) is 0 Å². The Kier molecular flexibility index (Phi) is 6.64. The second-order valence-electron chi connectivity index (χ2n) is 3.68. The van der Waals surface area contributed by atoms with Crippen molar-refractivity contribution in [2.24, 2.45) is 0 Å². The maximum Gasteiger partial charge on any atom is 0.230 e. The van der Waals surface area contributed by atoms with Crippen molar-refractivity contribution < 1.29 is 9.90 Å². The van der Waals surface area contributed by atoms with Crippen LogP contribution in [0.3, 0.4) is 0 Å². The van der Waals surface area contributed by atoms with Gasteiger partial charge in [-0.05, 0) is 36.3 Å². The number of carbonyl (C=O) groups is 1. The summed E-state index contributed by atoms with van der Waals surface area (Å²) in [4.78, 5) is 11.6. The molecule has 0 aliphatic heterocycles. The molecule has 1 rings (SSSR count). The van der Waals surface area contributed by atoms with Crippen LogP contribution in [0.2, 0.25) is 5.02 Å². The SMILES string of the molecule is O=C(Cc1ccc(Cl)cc1)NC(=S)NCCCO. The van der Waals surface area contributed by atoms with Crippen LogP contribution in [-0.4, -0.2) is 29.3 Å². The highest BCUT2D eigenvalue weighted by Gasteiger charge is 2.05. The second kappa shape index (κ2) is 8.02. The van der Waals surface area contributed by atoms with Gasteiger partial charge in [0.1, 0.15) is 0 Å². The molecule has 0 spiro atoms. The first-order chi connectivity index (χ1) is 8.61. The van der Waals surface area contributed by atoms with Crippen molar-refractivity contribution in [3.05, 3.63) is 34.9 Å². The molecule has 98 valence electrons. The number of benzene rings is 1. The summed E-state index contributed by atoms with van der Waals surface area (Å²) < 4.78 is 0. The summed E-state index contributed by atoms with van der Waals surface area (Å²) >= 11 is 10.7. The summed E-state index contributed by atoms with van der Waals surface area (Å²) in [6.45, 7) is 0.630. The van der Waals surface area contributed by atoms with Crippen LogP contribution in [0.1, 0.15) is 12.0 Å². The van der Waals surface area contributed by atoms with Gasteiger partial charge >= 0.3 is 0 Å². The normalized spacial score (nSPS) is 9.89. The molecular formula is C12H15ClN2O2S. The average molecular weight is 287 g/mol. The Morgan fingerprint density at radius 2 is 2.00 bits per heavy atom. The summed E-state index contributed by atoms with van der Waals surface area (Å²) in [6, 6.07) is 7.07.